The highest BCUT2D eigenvalue weighted by Gasteiger charge is 2.15. The van der Waals surface area contributed by atoms with Crippen molar-refractivity contribution in [1.29, 1.82) is 0 Å². The van der Waals surface area contributed by atoms with Crippen LogP contribution in [-0.4, -0.2) is 10.1 Å². The first kappa shape index (κ1) is 10.9. The fourth-order valence-corrected chi connectivity index (χ4v) is 1.75. The van der Waals surface area contributed by atoms with Crippen molar-refractivity contribution in [3.05, 3.63) is 58.9 Å². The molecule has 0 amide bonds. The molecule has 1 aromatic heterocycles. The molecule has 0 saturated carbocycles. The number of nitrogens with two attached hydrogens (primary N) is 1. The van der Waals surface area contributed by atoms with E-state index < -0.39 is 6.10 Å². The van der Waals surface area contributed by atoms with Crippen molar-refractivity contribution in [1.82, 2.24) is 4.98 Å². The first-order valence-corrected chi connectivity index (χ1v) is 5.20. The Morgan fingerprint density at radius 2 is 1.94 bits per heavy atom. The largest absolute Gasteiger partial charge is 0.398 e. The van der Waals surface area contributed by atoms with Gasteiger partial charge in [-0.15, -0.1) is 0 Å². The summed E-state index contributed by atoms with van der Waals surface area (Å²) in [6, 6.07) is 8.77. The zero-order chi connectivity index (χ0) is 11.5. The number of pyridine rings is 1. The molecule has 1 unspecified atom stereocenters. The second kappa shape index (κ2) is 4.51. The average Bonchev–Trinajstić information content (AvgIpc) is 2.29. The molecule has 3 nitrogen and oxygen atoms in total. The molecule has 0 radical (unpaired) electrons. The summed E-state index contributed by atoms with van der Waals surface area (Å²) < 4.78 is 0. The highest BCUT2D eigenvalue weighted by Crippen LogP contribution is 2.30. The van der Waals surface area contributed by atoms with Crippen molar-refractivity contribution in [2.75, 3.05) is 5.73 Å². The Kier molecular flexibility index (Phi) is 3.08. The molecule has 2 aromatic rings. The van der Waals surface area contributed by atoms with Gasteiger partial charge in [-0.05, 0) is 12.1 Å². The molecule has 2 rings (SSSR count). The third-order valence-electron chi connectivity index (χ3n) is 2.38. The van der Waals surface area contributed by atoms with E-state index in [1.807, 2.05) is 12.1 Å². The second-order valence-electron chi connectivity index (χ2n) is 3.43. The summed E-state index contributed by atoms with van der Waals surface area (Å²) >= 11 is 6.00. The predicted molar refractivity (Wildman–Crippen MR) is 64.2 cm³/mol. The van der Waals surface area contributed by atoms with Crippen molar-refractivity contribution in [3.8, 4) is 0 Å². The third kappa shape index (κ3) is 2.01. The maximum absolute atomic E-state index is 10.1. The third-order valence-corrected chi connectivity index (χ3v) is 2.73. The lowest BCUT2D eigenvalue weighted by molar-refractivity contribution is 0.221. The van der Waals surface area contributed by atoms with Gasteiger partial charge >= 0.3 is 0 Å². The molecule has 1 atom stereocenters. The van der Waals surface area contributed by atoms with Gasteiger partial charge in [0.05, 0.1) is 0 Å². The Labute approximate surface area is 98.5 Å². The summed E-state index contributed by atoms with van der Waals surface area (Å²) in [4.78, 5) is 3.94. The predicted octanol–water partition coefficient (Wildman–Crippen LogP) is 2.40. The van der Waals surface area contributed by atoms with Gasteiger partial charge in [-0.25, -0.2) is 0 Å². The molecular formula is C12H11ClN2O. The summed E-state index contributed by atoms with van der Waals surface area (Å²) in [5.74, 6) is 0. The minimum atomic E-state index is -0.845. The Morgan fingerprint density at radius 3 is 2.62 bits per heavy atom. The van der Waals surface area contributed by atoms with Crippen LogP contribution >= 0.6 is 11.6 Å². The van der Waals surface area contributed by atoms with Crippen LogP contribution in [-0.2, 0) is 0 Å². The van der Waals surface area contributed by atoms with Crippen LogP contribution in [0.25, 0.3) is 0 Å². The van der Waals surface area contributed by atoms with Crippen molar-refractivity contribution >= 4 is 17.3 Å². The molecule has 1 heterocycles. The molecule has 0 saturated heterocycles. The van der Waals surface area contributed by atoms with E-state index in [0.717, 1.165) is 0 Å². The molecule has 0 aliphatic rings. The molecular weight excluding hydrogens is 224 g/mol. The number of rotatable bonds is 2. The average molecular weight is 235 g/mol. The lowest BCUT2D eigenvalue weighted by Crippen LogP contribution is -2.04. The Morgan fingerprint density at radius 1 is 1.19 bits per heavy atom. The molecule has 82 valence electrons. The molecule has 0 spiro atoms. The number of nitrogens with zero attached hydrogens (tertiary/aromatic N) is 1. The highest BCUT2D eigenvalue weighted by atomic mass is 35.5. The van der Waals surface area contributed by atoms with Crippen LogP contribution < -0.4 is 5.73 Å². The maximum atomic E-state index is 10.1. The number of aliphatic hydroxyl groups excluding tert-OH is 1. The smallest absolute Gasteiger partial charge is 0.109 e. The molecule has 0 bridgehead atoms. The number of aromatic nitrogens is 1. The lowest BCUT2D eigenvalue weighted by atomic mass is 10.0. The lowest BCUT2D eigenvalue weighted by Gasteiger charge is -2.14. The van der Waals surface area contributed by atoms with Crippen molar-refractivity contribution in [2.24, 2.45) is 0 Å². The van der Waals surface area contributed by atoms with Crippen molar-refractivity contribution < 1.29 is 5.11 Å². The summed E-state index contributed by atoms with van der Waals surface area (Å²) in [5.41, 5.74) is 7.46. The summed E-state index contributed by atoms with van der Waals surface area (Å²) in [6.45, 7) is 0. The van der Waals surface area contributed by atoms with Crippen LogP contribution in [0.5, 0.6) is 0 Å². The molecule has 0 fully saturated rings. The minimum absolute atomic E-state index is 0.502. The van der Waals surface area contributed by atoms with E-state index in [2.05, 4.69) is 4.98 Å². The maximum Gasteiger partial charge on any atom is 0.109 e. The van der Waals surface area contributed by atoms with Crippen LogP contribution in [0.3, 0.4) is 0 Å². The van der Waals surface area contributed by atoms with Gasteiger partial charge in [-0.2, -0.15) is 0 Å². The number of benzene rings is 1. The monoisotopic (exact) mass is 234 g/mol. The van der Waals surface area contributed by atoms with E-state index in [1.54, 1.807) is 30.6 Å². The zero-order valence-electron chi connectivity index (χ0n) is 8.47. The molecule has 4 heteroatoms. The number of halogens is 1. The number of anilines is 1. The number of nitrogen functional groups attached to an aromatic ring is 1. The number of aliphatic hydroxyl groups is 1. The normalized spacial score (nSPS) is 12.4. The van der Waals surface area contributed by atoms with Gasteiger partial charge in [0.15, 0.2) is 0 Å². The van der Waals surface area contributed by atoms with Gasteiger partial charge < -0.3 is 10.8 Å². The van der Waals surface area contributed by atoms with Crippen LogP contribution in [0.2, 0.25) is 5.02 Å². The Hall–Kier alpha value is -1.58. The molecule has 0 aliphatic heterocycles. The van der Waals surface area contributed by atoms with Crippen LogP contribution in [0.4, 0.5) is 5.69 Å². The van der Waals surface area contributed by atoms with E-state index >= 15 is 0 Å². The molecule has 3 N–H and O–H groups in total. The van der Waals surface area contributed by atoms with Gasteiger partial charge in [0.1, 0.15) is 6.10 Å². The molecule has 16 heavy (non-hydrogen) atoms. The number of hydrogen-bond donors (Lipinski definition) is 2. The number of hydrogen-bond acceptors (Lipinski definition) is 3. The first-order chi connectivity index (χ1) is 7.70. The van der Waals surface area contributed by atoms with E-state index in [9.17, 15) is 5.11 Å². The Balaban J connectivity index is 2.44. The fourth-order valence-electron chi connectivity index (χ4n) is 1.51. The minimum Gasteiger partial charge on any atom is -0.398 e. The van der Waals surface area contributed by atoms with E-state index in [-0.39, 0.29) is 0 Å². The quantitative estimate of drug-likeness (QED) is 0.839. The van der Waals surface area contributed by atoms with Gasteiger partial charge in [-0.1, -0.05) is 29.8 Å². The van der Waals surface area contributed by atoms with Crippen molar-refractivity contribution in [3.63, 3.8) is 0 Å². The van der Waals surface area contributed by atoms with Gasteiger partial charge in [-0.3, -0.25) is 4.98 Å². The SMILES string of the molecule is Nc1ccncc1C(O)c1ccccc1Cl. The van der Waals surface area contributed by atoms with Crippen LogP contribution in [0, 0.1) is 0 Å². The van der Waals surface area contributed by atoms with E-state index in [1.165, 1.54) is 0 Å². The Bertz CT molecular complexity index is 456. The van der Waals surface area contributed by atoms with Crippen LogP contribution in [0.1, 0.15) is 17.2 Å². The first-order valence-electron chi connectivity index (χ1n) is 4.82. The van der Waals surface area contributed by atoms with Gasteiger partial charge in [0.2, 0.25) is 0 Å². The second-order valence-corrected chi connectivity index (χ2v) is 3.84. The van der Waals surface area contributed by atoms with Crippen LogP contribution in [0.15, 0.2) is 42.7 Å². The molecule has 1 aromatic carbocycles. The van der Waals surface area contributed by atoms with Gasteiger partial charge in [0, 0.05) is 34.2 Å². The van der Waals surface area contributed by atoms with E-state index in [0.29, 0.717) is 21.8 Å². The van der Waals surface area contributed by atoms with Crippen molar-refractivity contribution in [2.45, 2.75) is 6.10 Å². The van der Waals surface area contributed by atoms with E-state index in [4.69, 9.17) is 17.3 Å². The van der Waals surface area contributed by atoms with Gasteiger partial charge in [0.25, 0.3) is 0 Å². The standard InChI is InChI=1S/C12H11ClN2O/c13-10-4-2-1-3-8(10)12(16)9-7-15-6-5-11(9)14/h1-7,12,16H,(H2,14,15). The summed E-state index contributed by atoms with van der Waals surface area (Å²) in [7, 11) is 0. The highest BCUT2D eigenvalue weighted by molar-refractivity contribution is 6.31. The zero-order valence-corrected chi connectivity index (χ0v) is 9.22. The summed E-state index contributed by atoms with van der Waals surface area (Å²) in [6.07, 6.45) is 2.28. The summed E-state index contributed by atoms with van der Waals surface area (Å²) in [5, 5.41) is 10.7. The molecule has 0 aliphatic carbocycles. The fraction of sp³-hybridized carbons (Fsp3) is 0.0833. The topological polar surface area (TPSA) is 59.1 Å².